The molecule has 5 heteroatoms. The van der Waals surface area contributed by atoms with Gasteiger partial charge in [-0.1, -0.05) is 12.1 Å². The van der Waals surface area contributed by atoms with Gasteiger partial charge in [-0.3, -0.25) is 4.79 Å². The minimum Gasteiger partial charge on any atom is -0.396 e. The van der Waals surface area contributed by atoms with Gasteiger partial charge < -0.3 is 20.9 Å². The molecular formula is C14H22N2O3. The first-order valence-electron chi connectivity index (χ1n) is 6.53. The largest absolute Gasteiger partial charge is 0.396 e. The normalized spacial score (nSPS) is 10.4. The molecule has 0 aromatic heterocycles. The average molecular weight is 266 g/mol. The van der Waals surface area contributed by atoms with Crippen molar-refractivity contribution in [2.75, 3.05) is 25.1 Å². The van der Waals surface area contributed by atoms with E-state index < -0.39 is 0 Å². The Hall–Kier alpha value is -1.43. The summed E-state index contributed by atoms with van der Waals surface area (Å²) in [6, 6.07) is 7.48. The summed E-state index contributed by atoms with van der Waals surface area (Å²) < 4.78 is 5.25. The zero-order chi connectivity index (χ0) is 13.9. The van der Waals surface area contributed by atoms with Crippen molar-refractivity contribution < 1.29 is 14.6 Å². The van der Waals surface area contributed by atoms with Crippen LogP contribution in [0.15, 0.2) is 24.3 Å². The van der Waals surface area contributed by atoms with Gasteiger partial charge in [0.05, 0.1) is 0 Å². The lowest BCUT2D eigenvalue weighted by molar-refractivity contribution is -0.116. The van der Waals surface area contributed by atoms with Gasteiger partial charge in [-0.05, 0) is 30.5 Å². The Kier molecular flexibility index (Phi) is 7.81. The van der Waals surface area contributed by atoms with Crippen LogP contribution in [0.25, 0.3) is 0 Å². The van der Waals surface area contributed by atoms with Gasteiger partial charge in [0.15, 0.2) is 0 Å². The molecule has 5 nitrogen and oxygen atoms in total. The monoisotopic (exact) mass is 266 g/mol. The predicted molar refractivity (Wildman–Crippen MR) is 74.7 cm³/mol. The number of hydrogen-bond donors (Lipinski definition) is 3. The van der Waals surface area contributed by atoms with E-state index in [9.17, 15) is 4.79 Å². The summed E-state index contributed by atoms with van der Waals surface area (Å²) in [7, 11) is 0. The standard InChI is InChI=1S/C14H22N2O3/c15-11-12-4-6-13(7-5-12)16-14(18)3-1-9-19-10-2-8-17/h4-7,17H,1-3,8-11,15H2,(H,16,18). The third-order valence-corrected chi connectivity index (χ3v) is 2.61. The highest BCUT2D eigenvalue weighted by molar-refractivity contribution is 5.90. The summed E-state index contributed by atoms with van der Waals surface area (Å²) in [6.45, 7) is 1.72. The molecule has 0 saturated heterocycles. The van der Waals surface area contributed by atoms with Crippen LogP contribution in [-0.2, 0) is 16.1 Å². The molecule has 0 heterocycles. The predicted octanol–water partition coefficient (Wildman–Crippen LogP) is 1.26. The van der Waals surface area contributed by atoms with Gasteiger partial charge in [-0.15, -0.1) is 0 Å². The highest BCUT2D eigenvalue weighted by Crippen LogP contribution is 2.09. The molecule has 0 unspecified atom stereocenters. The van der Waals surface area contributed by atoms with E-state index in [2.05, 4.69) is 5.32 Å². The van der Waals surface area contributed by atoms with Gasteiger partial charge in [0.1, 0.15) is 0 Å². The van der Waals surface area contributed by atoms with E-state index in [1.54, 1.807) is 0 Å². The Morgan fingerprint density at radius 3 is 2.53 bits per heavy atom. The Labute approximate surface area is 113 Å². The van der Waals surface area contributed by atoms with E-state index in [0.29, 0.717) is 39.0 Å². The topological polar surface area (TPSA) is 84.6 Å². The number of aliphatic hydroxyl groups is 1. The van der Waals surface area contributed by atoms with Crippen molar-refractivity contribution in [2.24, 2.45) is 5.73 Å². The highest BCUT2D eigenvalue weighted by Gasteiger charge is 2.02. The van der Waals surface area contributed by atoms with Crippen LogP contribution < -0.4 is 11.1 Å². The van der Waals surface area contributed by atoms with Crippen molar-refractivity contribution in [3.63, 3.8) is 0 Å². The fourth-order valence-corrected chi connectivity index (χ4v) is 1.55. The lowest BCUT2D eigenvalue weighted by Crippen LogP contribution is -2.12. The molecule has 0 saturated carbocycles. The molecule has 0 aliphatic rings. The number of nitrogens with two attached hydrogens (primary N) is 1. The van der Waals surface area contributed by atoms with Crippen molar-refractivity contribution in [1.29, 1.82) is 0 Å². The van der Waals surface area contributed by atoms with Gasteiger partial charge in [0.2, 0.25) is 5.91 Å². The quantitative estimate of drug-likeness (QED) is 0.587. The minimum absolute atomic E-state index is 0.0220. The SMILES string of the molecule is NCc1ccc(NC(=O)CCCOCCCO)cc1. The van der Waals surface area contributed by atoms with Crippen molar-refractivity contribution in [1.82, 2.24) is 0 Å². The molecule has 0 spiro atoms. The number of amides is 1. The maximum absolute atomic E-state index is 11.6. The van der Waals surface area contributed by atoms with Crippen LogP contribution in [0.5, 0.6) is 0 Å². The van der Waals surface area contributed by atoms with Crippen LogP contribution in [-0.4, -0.2) is 30.8 Å². The van der Waals surface area contributed by atoms with Crippen molar-refractivity contribution in [2.45, 2.75) is 25.8 Å². The van der Waals surface area contributed by atoms with Gasteiger partial charge in [0.25, 0.3) is 0 Å². The summed E-state index contributed by atoms with van der Waals surface area (Å²) >= 11 is 0. The van der Waals surface area contributed by atoms with Gasteiger partial charge >= 0.3 is 0 Å². The minimum atomic E-state index is -0.0220. The Bertz CT molecular complexity index is 365. The molecule has 1 aromatic carbocycles. The van der Waals surface area contributed by atoms with Crippen LogP contribution in [0.1, 0.15) is 24.8 Å². The molecule has 0 atom stereocenters. The Morgan fingerprint density at radius 2 is 1.89 bits per heavy atom. The van der Waals surface area contributed by atoms with Crippen LogP contribution in [0.2, 0.25) is 0 Å². The summed E-state index contributed by atoms with van der Waals surface area (Å²) in [6.07, 6.45) is 1.75. The van der Waals surface area contributed by atoms with Crippen LogP contribution >= 0.6 is 0 Å². The third-order valence-electron chi connectivity index (χ3n) is 2.61. The summed E-state index contributed by atoms with van der Waals surface area (Å²) in [5, 5.41) is 11.4. The van der Waals surface area contributed by atoms with E-state index in [1.165, 1.54) is 0 Å². The fraction of sp³-hybridized carbons (Fsp3) is 0.500. The van der Waals surface area contributed by atoms with E-state index >= 15 is 0 Å². The van der Waals surface area contributed by atoms with Crippen LogP contribution in [0.3, 0.4) is 0 Å². The molecule has 0 aliphatic carbocycles. The Balaban J connectivity index is 2.16. The molecule has 0 aliphatic heterocycles. The van der Waals surface area contributed by atoms with E-state index in [-0.39, 0.29) is 12.5 Å². The Morgan fingerprint density at radius 1 is 1.21 bits per heavy atom. The summed E-state index contributed by atoms with van der Waals surface area (Å²) in [4.78, 5) is 11.6. The summed E-state index contributed by atoms with van der Waals surface area (Å²) in [5.74, 6) is -0.0220. The number of benzene rings is 1. The number of carbonyl (C=O) groups excluding carboxylic acids is 1. The molecular weight excluding hydrogens is 244 g/mol. The first kappa shape index (κ1) is 15.6. The molecule has 4 N–H and O–H groups in total. The first-order valence-corrected chi connectivity index (χ1v) is 6.53. The van der Waals surface area contributed by atoms with E-state index in [0.717, 1.165) is 11.3 Å². The molecule has 0 bridgehead atoms. The van der Waals surface area contributed by atoms with Gasteiger partial charge in [0, 0.05) is 38.5 Å². The molecule has 0 radical (unpaired) electrons. The maximum Gasteiger partial charge on any atom is 0.224 e. The number of hydrogen-bond acceptors (Lipinski definition) is 4. The number of carbonyl (C=O) groups is 1. The molecule has 1 rings (SSSR count). The van der Waals surface area contributed by atoms with Crippen molar-refractivity contribution in [3.8, 4) is 0 Å². The van der Waals surface area contributed by atoms with Crippen LogP contribution in [0, 0.1) is 0 Å². The number of aliphatic hydroxyl groups excluding tert-OH is 1. The fourth-order valence-electron chi connectivity index (χ4n) is 1.55. The van der Waals surface area contributed by atoms with Crippen LogP contribution in [0.4, 0.5) is 5.69 Å². The number of ether oxygens (including phenoxy) is 1. The van der Waals surface area contributed by atoms with Gasteiger partial charge in [-0.25, -0.2) is 0 Å². The highest BCUT2D eigenvalue weighted by atomic mass is 16.5. The van der Waals surface area contributed by atoms with E-state index in [4.69, 9.17) is 15.6 Å². The molecule has 106 valence electrons. The smallest absolute Gasteiger partial charge is 0.224 e. The zero-order valence-corrected chi connectivity index (χ0v) is 11.1. The first-order chi connectivity index (χ1) is 9.26. The summed E-state index contributed by atoms with van der Waals surface area (Å²) in [5.41, 5.74) is 7.32. The average Bonchev–Trinajstić information content (AvgIpc) is 2.43. The number of rotatable bonds is 9. The second-order valence-electron chi connectivity index (χ2n) is 4.24. The van der Waals surface area contributed by atoms with E-state index in [1.807, 2.05) is 24.3 Å². The zero-order valence-electron chi connectivity index (χ0n) is 11.1. The van der Waals surface area contributed by atoms with Gasteiger partial charge in [-0.2, -0.15) is 0 Å². The second kappa shape index (κ2) is 9.49. The molecule has 0 fully saturated rings. The molecule has 19 heavy (non-hydrogen) atoms. The lowest BCUT2D eigenvalue weighted by Gasteiger charge is -2.06. The van der Waals surface area contributed by atoms with Crippen molar-refractivity contribution >= 4 is 11.6 Å². The second-order valence-corrected chi connectivity index (χ2v) is 4.24. The number of nitrogens with one attached hydrogen (secondary N) is 1. The lowest BCUT2D eigenvalue weighted by atomic mass is 10.2. The third kappa shape index (κ3) is 6.91. The molecule has 1 amide bonds. The maximum atomic E-state index is 11.6. The number of anilines is 1. The van der Waals surface area contributed by atoms with Crippen molar-refractivity contribution in [3.05, 3.63) is 29.8 Å². The molecule has 1 aromatic rings.